The highest BCUT2D eigenvalue weighted by Crippen LogP contribution is 2.27. The Bertz CT molecular complexity index is 478. The number of nitrogens with two attached hydrogens (primary N) is 1. The SMILES string of the molecule is CCC(N)(CCCc1ccccc1)c1ccccc1. The standard InChI is InChI=1S/C18H23N/c1-2-18(19,17-13-7-4-8-14-17)15-9-12-16-10-5-3-6-11-16/h3-8,10-11,13-14H,2,9,12,15,19H2,1H3. The lowest BCUT2D eigenvalue weighted by Crippen LogP contribution is -2.36. The summed E-state index contributed by atoms with van der Waals surface area (Å²) >= 11 is 0. The van der Waals surface area contributed by atoms with Gasteiger partial charge in [-0.3, -0.25) is 0 Å². The summed E-state index contributed by atoms with van der Waals surface area (Å²) in [6, 6.07) is 21.1. The first kappa shape index (κ1) is 13.8. The van der Waals surface area contributed by atoms with E-state index in [1.54, 1.807) is 0 Å². The molecule has 0 fully saturated rings. The largest absolute Gasteiger partial charge is 0.321 e. The Morgan fingerprint density at radius 3 is 2.05 bits per heavy atom. The molecule has 0 aliphatic rings. The van der Waals surface area contributed by atoms with Crippen LogP contribution in [0, 0.1) is 0 Å². The molecule has 1 nitrogen and oxygen atoms in total. The van der Waals surface area contributed by atoms with Crippen LogP contribution in [-0.2, 0) is 12.0 Å². The zero-order valence-electron chi connectivity index (χ0n) is 11.7. The van der Waals surface area contributed by atoms with Gasteiger partial charge in [-0.1, -0.05) is 67.6 Å². The summed E-state index contributed by atoms with van der Waals surface area (Å²) in [7, 11) is 0. The third kappa shape index (κ3) is 3.68. The summed E-state index contributed by atoms with van der Waals surface area (Å²) in [6.45, 7) is 2.18. The maximum Gasteiger partial charge on any atom is 0.0407 e. The predicted octanol–water partition coefficient (Wildman–Crippen LogP) is 4.27. The lowest BCUT2D eigenvalue weighted by Gasteiger charge is -2.29. The Balaban J connectivity index is 1.96. The van der Waals surface area contributed by atoms with Gasteiger partial charge in [0, 0.05) is 5.54 Å². The normalized spacial score (nSPS) is 14.0. The number of aryl methyl sites for hydroxylation is 1. The minimum atomic E-state index is -0.184. The maximum atomic E-state index is 6.58. The highest BCUT2D eigenvalue weighted by Gasteiger charge is 2.24. The third-order valence-electron chi connectivity index (χ3n) is 3.91. The first-order chi connectivity index (χ1) is 9.24. The van der Waals surface area contributed by atoms with Crippen molar-refractivity contribution in [3.05, 3.63) is 71.8 Å². The fourth-order valence-corrected chi connectivity index (χ4v) is 2.55. The highest BCUT2D eigenvalue weighted by atomic mass is 14.7. The topological polar surface area (TPSA) is 26.0 Å². The second-order valence-corrected chi connectivity index (χ2v) is 5.21. The van der Waals surface area contributed by atoms with Crippen LogP contribution in [0.1, 0.15) is 37.3 Å². The molecular formula is C18H23N. The van der Waals surface area contributed by atoms with Gasteiger partial charge >= 0.3 is 0 Å². The van der Waals surface area contributed by atoms with E-state index < -0.39 is 0 Å². The minimum Gasteiger partial charge on any atom is -0.321 e. The summed E-state index contributed by atoms with van der Waals surface area (Å²) in [5, 5.41) is 0. The molecule has 2 aromatic rings. The summed E-state index contributed by atoms with van der Waals surface area (Å²) in [4.78, 5) is 0. The van der Waals surface area contributed by atoms with E-state index in [1.807, 2.05) is 6.07 Å². The summed E-state index contributed by atoms with van der Waals surface area (Å²) in [5.74, 6) is 0. The Morgan fingerprint density at radius 1 is 0.895 bits per heavy atom. The molecule has 0 saturated heterocycles. The zero-order valence-corrected chi connectivity index (χ0v) is 11.7. The van der Waals surface area contributed by atoms with Crippen LogP contribution < -0.4 is 5.73 Å². The van der Waals surface area contributed by atoms with Crippen molar-refractivity contribution < 1.29 is 0 Å². The van der Waals surface area contributed by atoms with Crippen molar-refractivity contribution in [1.82, 2.24) is 0 Å². The second-order valence-electron chi connectivity index (χ2n) is 5.21. The summed E-state index contributed by atoms with van der Waals surface area (Å²) in [6.07, 6.45) is 4.24. The molecular weight excluding hydrogens is 230 g/mol. The molecule has 0 bridgehead atoms. The molecule has 1 atom stereocenters. The molecule has 1 heteroatoms. The number of hydrogen-bond donors (Lipinski definition) is 1. The van der Waals surface area contributed by atoms with Crippen LogP contribution in [0.4, 0.5) is 0 Å². The Labute approximate surface area is 116 Å². The Kier molecular flexibility index (Phi) is 4.75. The highest BCUT2D eigenvalue weighted by molar-refractivity contribution is 5.24. The Hall–Kier alpha value is -1.60. The van der Waals surface area contributed by atoms with Crippen LogP contribution in [-0.4, -0.2) is 0 Å². The van der Waals surface area contributed by atoms with E-state index in [0.29, 0.717) is 0 Å². The van der Waals surface area contributed by atoms with E-state index >= 15 is 0 Å². The van der Waals surface area contributed by atoms with E-state index in [-0.39, 0.29) is 5.54 Å². The van der Waals surface area contributed by atoms with Gasteiger partial charge in [-0.25, -0.2) is 0 Å². The molecule has 0 aliphatic carbocycles. The molecule has 0 radical (unpaired) electrons. The van der Waals surface area contributed by atoms with Gasteiger partial charge in [-0.05, 0) is 36.8 Å². The first-order valence-corrected chi connectivity index (χ1v) is 7.13. The van der Waals surface area contributed by atoms with Gasteiger partial charge in [-0.15, -0.1) is 0 Å². The van der Waals surface area contributed by atoms with Crippen molar-refractivity contribution in [3.63, 3.8) is 0 Å². The van der Waals surface area contributed by atoms with Crippen LogP contribution in [0.25, 0.3) is 0 Å². The van der Waals surface area contributed by atoms with Gasteiger partial charge in [0.25, 0.3) is 0 Å². The van der Waals surface area contributed by atoms with Gasteiger partial charge in [0.1, 0.15) is 0 Å². The van der Waals surface area contributed by atoms with Gasteiger partial charge in [0.15, 0.2) is 0 Å². The lowest BCUT2D eigenvalue weighted by atomic mass is 9.83. The fraction of sp³-hybridized carbons (Fsp3) is 0.333. The average molecular weight is 253 g/mol. The molecule has 0 aliphatic heterocycles. The number of benzene rings is 2. The molecule has 2 rings (SSSR count). The van der Waals surface area contributed by atoms with Crippen molar-refractivity contribution in [2.24, 2.45) is 5.73 Å². The van der Waals surface area contributed by atoms with Crippen LogP contribution >= 0.6 is 0 Å². The monoisotopic (exact) mass is 253 g/mol. The average Bonchev–Trinajstić information content (AvgIpc) is 2.49. The number of hydrogen-bond acceptors (Lipinski definition) is 1. The van der Waals surface area contributed by atoms with Crippen LogP contribution in [0.2, 0.25) is 0 Å². The third-order valence-corrected chi connectivity index (χ3v) is 3.91. The summed E-state index contributed by atoms with van der Waals surface area (Å²) in [5.41, 5.74) is 9.05. The van der Waals surface area contributed by atoms with Gasteiger partial charge in [0.2, 0.25) is 0 Å². The quantitative estimate of drug-likeness (QED) is 0.817. The van der Waals surface area contributed by atoms with Crippen LogP contribution in [0.15, 0.2) is 60.7 Å². The van der Waals surface area contributed by atoms with Crippen molar-refractivity contribution in [2.45, 2.75) is 38.1 Å². The van der Waals surface area contributed by atoms with Crippen molar-refractivity contribution in [2.75, 3.05) is 0 Å². The molecule has 1 unspecified atom stereocenters. The molecule has 0 spiro atoms. The molecule has 0 heterocycles. The maximum absolute atomic E-state index is 6.58. The smallest absolute Gasteiger partial charge is 0.0407 e. The van der Waals surface area contributed by atoms with Crippen molar-refractivity contribution in [3.8, 4) is 0 Å². The molecule has 0 saturated carbocycles. The lowest BCUT2D eigenvalue weighted by molar-refractivity contribution is 0.382. The van der Waals surface area contributed by atoms with E-state index in [1.165, 1.54) is 11.1 Å². The molecule has 0 amide bonds. The van der Waals surface area contributed by atoms with Crippen LogP contribution in [0.3, 0.4) is 0 Å². The zero-order chi connectivity index (χ0) is 13.6. The molecule has 2 N–H and O–H groups in total. The number of rotatable bonds is 6. The molecule has 19 heavy (non-hydrogen) atoms. The van der Waals surface area contributed by atoms with Gasteiger partial charge in [0.05, 0.1) is 0 Å². The van der Waals surface area contributed by atoms with Crippen molar-refractivity contribution in [1.29, 1.82) is 0 Å². The van der Waals surface area contributed by atoms with Gasteiger partial charge in [-0.2, -0.15) is 0 Å². The van der Waals surface area contributed by atoms with E-state index in [4.69, 9.17) is 5.73 Å². The van der Waals surface area contributed by atoms with E-state index in [9.17, 15) is 0 Å². The predicted molar refractivity (Wildman–Crippen MR) is 82.0 cm³/mol. The fourth-order valence-electron chi connectivity index (χ4n) is 2.55. The van der Waals surface area contributed by atoms with E-state index in [0.717, 1.165) is 25.7 Å². The van der Waals surface area contributed by atoms with Gasteiger partial charge < -0.3 is 5.73 Å². The molecule has 2 aromatic carbocycles. The van der Waals surface area contributed by atoms with Crippen molar-refractivity contribution >= 4 is 0 Å². The Morgan fingerprint density at radius 2 is 1.47 bits per heavy atom. The van der Waals surface area contributed by atoms with Crippen LogP contribution in [0.5, 0.6) is 0 Å². The van der Waals surface area contributed by atoms with E-state index in [2.05, 4.69) is 61.5 Å². The summed E-state index contributed by atoms with van der Waals surface area (Å²) < 4.78 is 0. The second kappa shape index (κ2) is 6.53. The first-order valence-electron chi connectivity index (χ1n) is 7.13. The molecule has 100 valence electrons. The minimum absolute atomic E-state index is 0.184. The molecule has 0 aromatic heterocycles.